The van der Waals surface area contributed by atoms with Gasteiger partial charge in [-0.1, -0.05) is 38.1 Å². The molecule has 0 heterocycles. The van der Waals surface area contributed by atoms with Gasteiger partial charge in [-0.2, -0.15) is 0 Å². The van der Waals surface area contributed by atoms with E-state index in [0.29, 0.717) is 23.5 Å². The monoisotopic (exact) mass is 483 g/mol. The smallest absolute Gasteiger partial charge is 0.305 e. The lowest BCUT2D eigenvalue weighted by Crippen LogP contribution is -2.47. The molecule has 2 atom stereocenters. The van der Waals surface area contributed by atoms with Crippen LogP contribution in [0.3, 0.4) is 0 Å². The number of amides is 3. The Morgan fingerprint density at radius 2 is 1.66 bits per heavy atom. The first kappa shape index (κ1) is 27.0. The molecule has 35 heavy (non-hydrogen) atoms. The van der Waals surface area contributed by atoms with Gasteiger partial charge >= 0.3 is 5.97 Å². The molecule has 0 spiro atoms. The number of benzene rings is 2. The van der Waals surface area contributed by atoms with Crippen molar-refractivity contribution in [2.45, 2.75) is 32.7 Å². The Kier molecular flexibility index (Phi) is 10.4. The lowest BCUT2D eigenvalue weighted by Gasteiger charge is -2.20. The second kappa shape index (κ2) is 13.5. The summed E-state index contributed by atoms with van der Waals surface area (Å²) in [6, 6.07) is 14.6. The van der Waals surface area contributed by atoms with Gasteiger partial charge < -0.3 is 30.6 Å². The zero-order valence-electron chi connectivity index (χ0n) is 19.5. The van der Waals surface area contributed by atoms with E-state index in [4.69, 9.17) is 9.84 Å². The van der Waals surface area contributed by atoms with Crippen LogP contribution < -0.4 is 20.7 Å². The summed E-state index contributed by atoms with van der Waals surface area (Å²) in [5.41, 5.74) is 0.455. The number of aldehydes is 1. The fourth-order valence-electron chi connectivity index (χ4n) is 3.17. The maximum absolute atomic E-state index is 12.6. The standard InChI is InChI=1S/C25H29N3O7/c1-16(2)11-21(25(34)28-18(15-29)13-23(31)32)24(33)26-14-22(30)27-17-7-6-10-20(12-17)35-19-8-4-3-5-9-19/h3-10,12,15-16,18,21H,11,13-14H2,1-2H3,(H,26,33)(H,27,30)(H,28,34)(H,31,32). The van der Waals surface area contributed by atoms with Crippen molar-refractivity contribution in [1.29, 1.82) is 0 Å². The van der Waals surface area contributed by atoms with E-state index >= 15 is 0 Å². The van der Waals surface area contributed by atoms with Crippen molar-refractivity contribution in [3.63, 3.8) is 0 Å². The van der Waals surface area contributed by atoms with Gasteiger partial charge in [0, 0.05) is 11.8 Å². The Labute approximate surface area is 203 Å². The number of hydrogen-bond acceptors (Lipinski definition) is 6. The van der Waals surface area contributed by atoms with E-state index in [0.717, 1.165) is 0 Å². The molecule has 0 saturated carbocycles. The molecular formula is C25H29N3O7. The summed E-state index contributed by atoms with van der Waals surface area (Å²) in [4.78, 5) is 59.5. The second-order valence-electron chi connectivity index (χ2n) is 8.24. The minimum Gasteiger partial charge on any atom is -0.481 e. The van der Waals surface area contributed by atoms with Crippen LogP contribution in [-0.2, 0) is 24.0 Å². The highest BCUT2D eigenvalue weighted by molar-refractivity contribution is 6.03. The van der Waals surface area contributed by atoms with E-state index in [1.54, 1.807) is 50.2 Å². The molecule has 3 amide bonds. The van der Waals surface area contributed by atoms with Crippen molar-refractivity contribution in [3.05, 3.63) is 54.6 Å². The first-order valence-electron chi connectivity index (χ1n) is 11.1. The van der Waals surface area contributed by atoms with Crippen LogP contribution in [0, 0.1) is 11.8 Å². The van der Waals surface area contributed by atoms with Gasteiger partial charge in [-0.25, -0.2) is 0 Å². The van der Waals surface area contributed by atoms with Crippen molar-refractivity contribution < 1.29 is 33.8 Å². The molecule has 2 unspecified atom stereocenters. The van der Waals surface area contributed by atoms with E-state index < -0.39 is 48.6 Å². The second-order valence-corrected chi connectivity index (χ2v) is 8.24. The molecule has 4 N–H and O–H groups in total. The minimum atomic E-state index is -1.26. The number of carboxylic acid groups (broad SMARTS) is 1. The van der Waals surface area contributed by atoms with Crippen molar-refractivity contribution in [2.75, 3.05) is 11.9 Å². The topological polar surface area (TPSA) is 151 Å². The summed E-state index contributed by atoms with van der Waals surface area (Å²) < 4.78 is 5.73. The number of nitrogens with one attached hydrogen (secondary N) is 3. The molecule has 0 radical (unpaired) electrons. The number of rotatable bonds is 13. The first-order chi connectivity index (χ1) is 16.7. The van der Waals surface area contributed by atoms with Crippen molar-refractivity contribution in [1.82, 2.24) is 10.6 Å². The Balaban J connectivity index is 1.95. The van der Waals surface area contributed by atoms with E-state index in [9.17, 15) is 24.0 Å². The number of para-hydroxylation sites is 1. The SMILES string of the molecule is CC(C)CC(C(=O)NCC(=O)Nc1cccc(Oc2ccccc2)c1)C(=O)NC(C=O)CC(=O)O. The number of anilines is 1. The lowest BCUT2D eigenvalue weighted by molar-refractivity contribution is -0.140. The maximum Gasteiger partial charge on any atom is 0.305 e. The number of carbonyl (C=O) groups is 5. The average Bonchev–Trinajstić information content (AvgIpc) is 2.81. The molecule has 0 aliphatic rings. The number of aliphatic carboxylic acids is 1. The normalized spacial score (nSPS) is 12.2. The third kappa shape index (κ3) is 9.66. The van der Waals surface area contributed by atoms with Gasteiger partial charge in [0.1, 0.15) is 23.7 Å². The molecule has 0 saturated heterocycles. The van der Waals surface area contributed by atoms with Gasteiger partial charge in [0.2, 0.25) is 17.7 Å². The molecule has 2 aromatic rings. The van der Waals surface area contributed by atoms with E-state index in [1.165, 1.54) is 0 Å². The van der Waals surface area contributed by atoms with E-state index in [-0.39, 0.29) is 12.3 Å². The molecule has 10 nitrogen and oxygen atoms in total. The molecule has 10 heteroatoms. The number of carboxylic acids is 1. The molecule has 2 rings (SSSR count). The van der Waals surface area contributed by atoms with Crippen LogP contribution in [0.5, 0.6) is 11.5 Å². The molecule has 0 bridgehead atoms. The van der Waals surface area contributed by atoms with E-state index in [2.05, 4.69) is 16.0 Å². The van der Waals surface area contributed by atoms with Crippen LogP contribution in [0.15, 0.2) is 54.6 Å². The highest BCUT2D eigenvalue weighted by Crippen LogP contribution is 2.23. The highest BCUT2D eigenvalue weighted by atomic mass is 16.5. The fraction of sp³-hybridized carbons (Fsp3) is 0.320. The molecular weight excluding hydrogens is 454 g/mol. The van der Waals surface area contributed by atoms with Crippen molar-refractivity contribution in [2.24, 2.45) is 11.8 Å². The van der Waals surface area contributed by atoms with Crippen LogP contribution in [0.2, 0.25) is 0 Å². The molecule has 0 aliphatic heterocycles. The lowest BCUT2D eigenvalue weighted by atomic mass is 9.95. The minimum absolute atomic E-state index is 0.0492. The Morgan fingerprint density at radius 3 is 2.29 bits per heavy atom. The Hall–Kier alpha value is -4.21. The Morgan fingerprint density at radius 1 is 0.971 bits per heavy atom. The van der Waals surface area contributed by atoms with Crippen LogP contribution >= 0.6 is 0 Å². The first-order valence-corrected chi connectivity index (χ1v) is 11.1. The quantitative estimate of drug-likeness (QED) is 0.252. The summed E-state index contributed by atoms with van der Waals surface area (Å²) in [6.45, 7) is 3.22. The molecule has 0 fully saturated rings. The molecule has 186 valence electrons. The summed E-state index contributed by atoms with van der Waals surface area (Å²) in [5.74, 6) is -3.35. The largest absolute Gasteiger partial charge is 0.481 e. The molecule has 0 aromatic heterocycles. The summed E-state index contributed by atoms with van der Waals surface area (Å²) in [5, 5.41) is 16.2. The number of carbonyl (C=O) groups excluding carboxylic acids is 4. The van der Waals surface area contributed by atoms with Crippen molar-refractivity contribution in [3.8, 4) is 11.5 Å². The highest BCUT2D eigenvalue weighted by Gasteiger charge is 2.29. The van der Waals surface area contributed by atoms with Gasteiger partial charge in [-0.3, -0.25) is 19.2 Å². The van der Waals surface area contributed by atoms with Gasteiger partial charge in [0.05, 0.1) is 19.0 Å². The average molecular weight is 484 g/mol. The molecule has 2 aromatic carbocycles. The molecule has 0 aliphatic carbocycles. The zero-order chi connectivity index (χ0) is 25.8. The van der Waals surface area contributed by atoms with Gasteiger partial charge in [-0.15, -0.1) is 0 Å². The third-order valence-electron chi connectivity index (χ3n) is 4.75. The predicted molar refractivity (Wildman–Crippen MR) is 128 cm³/mol. The number of hydrogen-bond donors (Lipinski definition) is 4. The van der Waals surface area contributed by atoms with Gasteiger partial charge in [0.15, 0.2) is 0 Å². The summed E-state index contributed by atoms with van der Waals surface area (Å²) >= 11 is 0. The fourth-order valence-corrected chi connectivity index (χ4v) is 3.17. The third-order valence-corrected chi connectivity index (χ3v) is 4.75. The van der Waals surface area contributed by atoms with Crippen LogP contribution in [0.4, 0.5) is 5.69 Å². The van der Waals surface area contributed by atoms with Gasteiger partial charge in [-0.05, 0) is 36.6 Å². The Bertz CT molecular complexity index is 1040. The number of ether oxygens (including phenoxy) is 1. The maximum atomic E-state index is 12.6. The van der Waals surface area contributed by atoms with Crippen LogP contribution in [-0.4, -0.2) is 47.7 Å². The van der Waals surface area contributed by atoms with Crippen molar-refractivity contribution >= 4 is 35.7 Å². The predicted octanol–water partition coefficient (Wildman–Crippen LogP) is 2.35. The van der Waals surface area contributed by atoms with Crippen LogP contribution in [0.1, 0.15) is 26.7 Å². The van der Waals surface area contributed by atoms with Crippen LogP contribution in [0.25, 0.3) is 0 Å². The summed E-state index contributed by atoms with van der Waals surface area (Å²) in [6.07, 6.45) is -0.142. The zero-order valence-corrected chi connectivity index (χ0v) is 19.5. The summed E-state index contributed by atoms with van der Waals surface area (Å²) in [7, 11) is 0. The van der Waals surface area contributed by atoms with Gasteiger partial charge in [0.25, 0.3) is 0 Å². The van der Waals surface area contributed by atoms with E-state index in [1.807, 2.05) is 18.2 Å².